The van der Waals surface area contributed by atoms with Crippen molar-refractivity contribution in [2.45, 2.75) is 46.5 Å². The van der Waals surface area contributed by atoms with Crippen molar-refractivity contribution in [1.29, 1.82) is 0 Å². The Balaban J connectivity index is 1.94. The van der Waals surface area contributed by atoms with Gasteiger partial charge in [0.25, 0.3) is 5.91 Å². The number of hydrogen-bond donors (Lipinski definition) is 1. The molecule has 1 aromatic carbocycles. The molecule has 1 fully saturated rings. The van der Waals surface area contributed by atoms with Crippen LogP contribution in [0.5, 0.6) is 11.5 Å². The number of amides is 2. The molecule has 0 aliphatic carbocycles. The van der Waals surface area contributed by atoms with Crippen LogP contribution in [0.15, 0.2) is 18.2 Å². The van der Waals surface area contributed by atoms with Crippen LogP contribution in [0.1, 0.15) is 56.8 Å². The van der Waals surface area contributed by atoms with Gasteiger partial charge in [0.15, 0.2) is 11.5 Å². The molecule has 6 heteroatoms. The first-order valence-corrected chi connectivity index (χ1v) is 10.3. The highest BCUT2D eigenvalue weighted by atomic mass is 16.5. The summed E-state index contributed by atoms with van der Waals surface area (Å²) in [6, 6.07) is 5.33. The fourth-order valence-corrected chi connectivity index (χ4v) is 3.24. The third-order valence-corrected chi connectivity index (χ3v) is 5.07. The van der Waals surface area contributed by atoms with Crippen molar-refractivity contribution < 1.29 is 19.1 Å². The molecule has 1 aliphatic rings. The van der Waals surface area contributed by atoms with Gasteiger partial charge in [0, 0.05) is 31.1 Å². The van der Waals surface area contributed by atoms with E-state index in [0.717, 1.165) is 12.8 Å². The summed E-state index contributed by atoms with van der Waals surface area (Å²) in [5, 5.41) is 2.95. The summed E-state index contributed by atoms with van der Waals surface area (Å²) in [6.45, 7) is 8.86. The maximum Gasteiger partial charge on any atom is 0.253 e. The molecule has 0 radical (unpaired) electrons. The molecular formula is C22H34N2O4. The average molecular weight is 391 g/mol. The SMILES string of the molecule is CCCNC(=O)C1CCN(C(=O)c2ccc(OCCC(C)C)c(OC)c2)CC1. The number of nitrogens with zero attached hydrogens (tertiary/aromatic N) is 1. The number of ether oxygens (including phenoxy) is 2. The van der Waals surface area contributed by atoms with E-state index in [1.807, 2.05) is 11.8 Å². The molecule has 1 N–H and O–H groups in total. The van der Waals surface area contributed by atoms with Crippen molar-refractivity contribution in [3.05, 3.63) is 23.8 Å². The second-order valence-electron chi connectivity index (χ2n) is 7.75. The van der Waals surface area contributed by atoms with Gasteiger partial charge in [-0.3, -0.25) is 9.59 Å². The molecular weight excluding hydrogens is 356 g/mol. The van der Waals surface area contributed by atoms with E-state index >= 15 is 0 Å². The molecule has 156 valence electrons. The van der Waals surface area contributed by atoms with Crippen molar-refractivity contribution in [1.82, 2.24) is 10.2 Å². The van der Waals surface area contributed by atoms with Crippen LogP contribution >= 0.6 is 0 Å². The minimum atomic E-state index is -0.0283. The molecule has 28 heavy (non-hydrogen) atoms. The van der Waals surface area contributed by atoms with Gasteiger partial charge >= 0.3 is 0 Å². The first-order chi connectivity index (χ1) is 13.5. The Morgan fingerprint density at radius 3 is 2.54 bits per heavy atom. The monoisotopic (exact) mass is 390 g/mol. The highest BCUT2D eigenvalue weighted by Crippen LogP contribution is 2.29. The van der Waals surface area contributed by atoms with E-state index in [1.165, 1.54) is 0 Å². The predicted molar refractivity (Wildman–Crippen MR) is 110 cm³/mol. The van der Waals surface area contributed by atoms with Gasteiger partial charge in [-0.25, -0.2) is 0 Å². The van der Waals surface area contributed by atoms with Crippen LogP contribution in [0.3, 0.4) is 0 Å². The number of methoxy groups -OCH3 is 1. The fourth-order valence-electron chi connectivity index (χ4n) is 3.24. The lowest BCUT2D eigenvalue weighted by Crippen LogP contribution is -2.43. The molecule has 0 atom stereocenters. The number of likely N-dealkylation sites (tertiary alicyclic amines) is 1. The third kappa shape index (κ3) is 6.14. The van der Waals surface area contributed by atoms with Crippen LogP contribution in [0, 0.1) is 11.8 Å². The van der Waals surface area contributed by atoms with Crippen molar-refractivity contribution in [3.63, 3.8) is 0 Å². The van der Waals surface area contributed by atoms with Crippen LogP contribution < -0.4 is 14.8 Å². The van der Waals surface area contributed by atoms with E-state index in [1.54, 1.807) is 25.3 Å². The summed E-state index contributed by atoms with van der Waals surface area (Å²) in [5.74, 6) is 1.88. The molecule has 2 amide bonds. The highest BCUT2D eigenvalue weighted by molar-refractivity contribution is 5.95. The van der Waals surface area contributed by atoms with Gasteiger partial charge in [0.2, 0.25) is 5.91 Å². The number of carbonyl (C=O) groups is 2. The molecule has 1 aliphatic heterocycles. The quantitative estimate of drug-likeness (QED) is 0.701. The second kappa shape index (κ2) is 10.9. The maximum absolute atomic E-state index is 12.9. The Labute approximate surface area is 168 Å². The van der Waals surface area contributed by atoms with Crippen molar-refractivity contribution >= 4 is 11.8 Å². The number of benzene rings is 1. The lowest BCUT2D eigenvalue weighted by atomic mass is 9.95. The summed E-state index contributed by atoms with van der Waals surface area (Å²) in [7, 11) is 1.58. The Morgan fingerprint density at radius 1 is 1.21 bits per heavy atom. The number of hydrogen-bond acceptors (Lipinski definition) is 4. The molecule has 0 bridgehead atoms. The van der Waals surface area contributed by atoms with E-state index in [-0.39, 0.29) is 17.7 Å². The molecule has 2 rings (SSSR count). The van der Waals surface area contributed by atoms with Gasteiger partial charge < -0.3 is 19.7 Å². The standard InChI is InChI=1S/C22H34N2O4/c1-5-11-23-21(25)17-8-12-24(13-9-17)22(26)18-6-7-19(20(15-18)27-4)28-14-10-16(2)3/h6-7,15-17H,5,8-14H2,1-4H3,(H,23,25). The smallest absolute Gasteiger partial charge is 0.253 e. The van der Waals surface area contributed by atoms with Gasteiger partial charge in [0.1, 0.15) is 0 Å². The van der Waals surface area contributed by atoms with E-state index in [0.29, 0.717) is 62.1 Å². The van der Waals surface area contributed by atoms with E-state index < -0.39 is 0 Å². The maximum atomic E-state index is 12.9. The van der Waals surface area contributed by atoms with Gasteiger partial charge in [-0.15, -0.1) is 0 Å². The van der Waals surface area contributed by atoms with Gasteiger partial charge in [0.05, 0.1) is 13.7 Å². The number of piperidine rings is 1. The Morgan fingerprint density at radius 2 is 1.93 bits per heavy atom. The topological polar surface area (TPSA) is 67.9 Å². The number of carbonyl (C=O) groups excluding carboxylic acids is 2. The van der Waals surface area contributed by atoms with E-state index in [4.69, 9.17) is 9.47 Å². The number of rotatable bonds is 9. The van der Waals surface area contributed by atoms with Crippen LogP contribution in [0.25, 0.3) is 0 Å². The van der Waals surface area contributed by atoms with Crippen molar-refractivity contribution in [2.75, 3.05) is 33.4 Å². The van der Waals surface area contributed by atoms with Crippen molar-refractivity contribution in [3.8, 4) is 11.5 Å². The summed E-state index contributed by atoms with van der Waals surface area (Å²) in [6.07, 6.45) is 3.30. The summed E-state index contributed by atoms with van der Waals surface area (Å²) >= 11 is 0. The van der Waals surface area contributed by atoms with Gasteiger partial charge in [-0.05, 0) is 49.8 Å². The summed E-state index contributed by atoms with van der Waals surface area (Å²) in [4.78, 5) is 26.8. The lowest BCUT2D eigenvalue weighted by molar-refractivity contribution is -0.126. The molecule has 0 unspecified atom stereocenters. The molecule has 0 aromatic heterocycles. The molecule has 0 saturated carbocycles. The zero-order chi connectivity index (χ0) is 20.5. The summed E-state index contributed by atoms with van der Waals surface area (Å²) < 4.78 is 11.2. The summed E-state index contributed by atoms with van der Waals surface area (Å²) in [5.41, 5.74) is 0.585. The highest BCUT2D eigenvalue weighted by Gasteiger charge is 2.28. The molecule has 1 heterocycles. The zero-order valence-corrected chi connectivity index (χ0v) is 17.6. The predicted octanol–water partition coefficient (Wildman–Crippen LogP) is 3.50. The van der Waals surface area contributed by atoms with Crippen LogP contribution in [0.2, 0.25) is 0 Å². The number of nitrogens with one attached hydrogen (secondary N) is 1. The normalized spacial score (nSPS) is 14.8. The first-order valence-electron chi connectivity index (χ1n) is 10.3. The van der Waals surface area contributed by atoms with Crippen LogP contribution in [-0.2, 0) is 4.79 Å². The zero-order valence-electron chi connectivity index (χ0n) is 17.6. The van der Waals surface area contributed by atoms with Crippen LogP contribution in [0.4, 0.5) is 0 Å². The Hall–Kier alpha value is -2.24. The molecule has 1 saturated heterocycles. The van der Waals surface area contributed by atoms with Crippen LogP contribution in [-0.4, -0.2) is 50.1 Å². The van der Waals surface area contributed by atoms with E-state index in [9.17, 15) is 9.59 Å². The molecule has 6 nitrogen and oxygen atoms in total. The third-order valence-electron chi connectivity index (χ3n) is 5.07. The Kier molecular flexibility index (Phi) is 8.61. The van der Waals surface area contributed by atoms with E-state index in [2.05, 4.69) is 19.2 Å². The largest absolute Gasteiger partial charge is 0.493 e. The second-order valence-corrected chi connectivity index (χ2v) is 7.75. The average Bonchev–Trinajstić information content (AvgIpc) is 2.71. The first kappa shape index (κ1) is 22.1. The minimum absolute atomic E-state index is 0.00173. The minimum Gasteiger partial charge on any atom is -0.493 e. The molecule has 1 aromatic rings. The Bertz CT molecular complexity index is 652. The van der Waals surface area contributed by atoms with Crippen molar-refractivity contribution in [2.24, 2.45) is 11.8 Å². The van der Waals surface area contributed by atoms with Gasteiger partial charge in [-0.2, -0.15) is 0 Å². The lowest BCUT2D eigenvalue weighted by Gasteiger charge is -2.31. The van der Waals surface area contributed by atoms with Gasteiger partial charge in [-0.1, -0.05) is 20.8 Å². The fraction of sp³-hybridized carbons (Fsp3) is 0.636. The molecule has 0 spiro atoms.